The quantitative estimate of drug-likeness (QED) is 0.234. The highest BCUT2D eigenvalue weighted by molar-refractivity contribution is 6.21. The van der Waals surface area contributed by atoms with Crippen LogP contribution in [0.5, 0.6) is 0 Å². The van der Waals surface area contributed by atoms with Crippen molar-refractivity contribution in [3.8, 4) is 33.5 Å². The third kappa shape index (κ3) is 3.59. The van der Waals surface area contributed by atoms with Gasteiger partial charge in [0, 0.05) is 11.8 Å². The van der Waals surface area contributed by atoms with Gasteiger partial charge in [0.2, 0.25) is 0 Å². The number of rotatable bonds is 3. The molecule has 7 aromatic rings. The minimum absolute atomic E-state index is 1.04. The van der Waals surface area contributed by atoms with E-state index < -0.39 is 0 Å². The average molecular weight is 472 g/mol. The number of benzene rings is 6. The van der Waals surface area contributed by atoms with Crippen molar-refractivity contribution in [2.45, 2.75) is 6.92 Å². The molecule has 0 bridgehead atoms. The molecule has 6 aromatic carbocycles. The molecule has 1 heteroatoms. The lowest BCUT2D eigenvalue weighted by Crippen LogP contribution is -1.91. The molecule has 0 amide bonds. The van der Waals surface area contributed by atoms with Gasteiger partial charge in [-0.25, -0.2) is 0 Å². The maximum atomic E-state index is 4.62. The zero-order valence-electron chi connectivity index (χ0n) is 20.6. The molecule has 0 spiro atoms. The first-order valence-electron chi connectivity index (χ1n) is 12.7. The summed E-state index contributed by atoms with van der Waals surface area (Å²) in [6, 6.07) is 46.0. The Morgan fingerprint density at radius 3 is 1.54 bits per heavy atom. The van der Waals surface area contributed by atoms with Gasteiger partial charge < -0.3 is 0 Å². The van der Waals surface area contributed by atoms with E-state index in [0.717, 1.165) is 11.3 Å². The summed E-state index contributed by atoms with van der Waals surface area (Å²) in [5, 5.41) is 7.57. The van der Waals surface area contributed by atoms with Crippen LogP contribution in [0.3, 0.4) is 0 Å². The molecular formula is C36H25N. The highest BCUT2D eigenvalue weighted by Crippen LogP contribution is 2.44. The van der Waals surface area contributed by atoms with Gasteiger partial charge in [-0.05, 0) is 85.3 Å². The fourth-order valence-corrected chi connectivity index (χ4v) is 5.69. The zero-order valence-corrected chi connectivity index (χ0v) is 20.6. The molecule has 7 rings (SSSR count). The van der Waals surface area contributed by atoms with E-state index in [0.29, 0.717) is 0 Å². The van der Waals surface area contributed by atoms with Crippen LogP contribution in [0.4, 0.5) is 0 Å². The first-order valence-corrected chi connectivity index (χ1v) is 12.7. The molecule has 0 radical (unpaired) electrons. The van der Waals surface area contributed by atoms with Gasteiger partial charge in [-0.1, -0.05) is 109 Å². The van der Waals surface area contributed by atoms with Crippen molar-refractivity contribution in [2.24, 2.45) is 0 Å². The van der Waals surface area contributed by atoms with E-state index in [1.54, 1.807) is 0 Å². The second-order valence-electron chi connectivity index (χ2n) is 9.65. The van der Waals surface area contributed by atoms with Gasteiger partial charge in [0.05, 0.1) is 5.69 Å². The van der Waals surface area contributed by atoms with Crippen LogP contribution < -0.4 is 0 Å². The number of hydrogen-bond donors (Lipinski definition) is 0. The third-order valence-corrected chi connectivity index (χ3v) is 7.41. The van der Waals surface area contributed by atoms with E-state index in [9.17, 15) is 0 Å². The predicted molar refractivity (Wildman–Crippen MR) is 158 cm³/mol. The first kappa shape index (κ1) is 21.5. The number of hydrogen-bond acceptors (Lipinski definition) is 1. The van der Waals surface area contributed by atoms with Crippen LogP contribution in [0.2, 0.25) is 0 Å². The van der Waals surface area contributed by atoms with Gasteiger partial charge in [-0.3, -0.25) is 4.98 Å². The number of aryl methyl sites for hydroxylation is 1. The molecule has 0 saturated carbocycles. The SMILES string of the molecule is Cc1cccnc1-c1ccc2cc(-c3c4ccccc4c(-c4ccccc4)c4ccccc34)ccc2c1. The fourth-order valence-electron chi connectivity index (χ4n) is 5.69. The Balaban J connectivity index is 1.48. The Morgan fingerprint density at radius 1 is 0.432 bits per heavy atom. The van der Waals surface area contributed by atoms with E-state index in [1.807, 2.05) is 12.3 Å². The molecule has 0 aliphatic rings. The van der Waals surface area contributed by atoms with E-state index in [2.05, 4.69) is 133 Å². The molecule has 1 heterocycles. The van der Waals surface area contributed by atoms with Crippen molar-refractivity contribution in [3.05, 3.63) is 139 Å². The maximum absolute atomic E-state index is 4.62. The topological polar surface area (TPSA) is 12.9 Å². The summed E-state index contributed by atoms with van der Waals surface area (Å²) in [6.07, 6.45) is 1.87. The zero-order chi connectivity index (χ0) is 24.8. The van der Waals surface area contributed by atoms with Gasteiger partial charge in [-0.15, -0.1) is 0 Å². The van der Waals surface area contributed by atoms with Crippen molar-refractivity contribution in [1.29, 1.82) is 0 Å². The standard InChI is InChI=1S/C36H25N/c1-24-10-9-21-37-36(24)29-20-18-26-22-28(19-17-27(26)23-29)35-32-15-7-5-13-30(32)34(25-11-3-2-4-12-25)31-14-6-8-16-33(31)35/h2-23H,1H3. The fraction of sp³-hybridized carbons (Fsp3) is 0.0278. The van der Waals surface area contributed by atoms with E-state index in [1.165, 1.54) is 60.1 Å². The van der Waals surface area contributed by atoms with E-state index >= 15 is 0 Å². The summed E-state index contributed by atoms with van der Waals surface area (Å²) in [5.74, 6) is 0. The van der Waals surface area contributed by atoms with Crippen molar-refractivity contribution in [3.63, 3.8) is 0 Å². The second-order valence-corrected chi connectivity index (χ2v) is 9.65. The normalized spacial score (nSPS) is 11.4. The second kappa shape index (κ2) is 8.72. The molecule has 174 valence electrons. The molecule has 37 heavy (non-hydrogen) atoms. The Labute approximate surface area is 216 Å². The molecule has 0 N–H and O–H groups in total. The number of nitrogens with zero attached hydrogens (tertiary/aromatic N) is 1. The molecular weight excluding hydrogens is 446 g/mol. The third-order valence-electron chi connectivity index (χ3n) is 7.41. The molecule has 0 atom stereocenters. The van der Waals surface area contributed by atoms with Crippen molar-refractivity contribution < 1.29 is 0 Å². The van der Waals surface area contributed by atoms with Gasteiger partial charge in [-0.2, -0.15) is 0 Å². The molecule has 1 aromatic heterocycles. The smallest absolute Gasteiger partial charge is 0.0731 e. The highest BCUT2D eigenvalue weighted by Gasteiger charge is 2.16. The van der Waals surface area contributed by atoms with E-state index in [4.69, 9.17) is 0 Å². The predicted octanol–water partition coefficient (Wildman–Crippen LogP) is 9.85. The summed E-state index contributed by atoms with van der Waals surface area (Å²) in [5.41, 5.74) is 8.46. The lowest BCUT2D eigenvalue weighted by Gasteiger charge is -2.18. The van der Waals surface area contributed by atoms with Crippen molar-refractivity contribution >= 4 is 32.3 Å². The van der Waals surface area contributed by atoms with Crippen LogP contribution in [0.15, 0.2) is 134 Å². The minimum Gasteiger partial charge on any atom is -0.256 e. The Kier molecular flexibility index (Phi) is 5.08. The van der Waals surface area contributed by atoms with E-state index in [-0.39, 0.29) is 0 Å². The van der Waals surface area contributed by atoms with Crippen LogP contribution >= 0.6 is 0 Å². The van der Waals surface area contributed by atoms with Crippen LogP contribution in [-0.2, 0) is 0 Å². The molecule has 0 unspecified atom stereocenters. The van der Waals surface area contributed by atoms with Gasteiger partial charge >= 0.3 is 0 Å². The summed E-state index contributed by atoms with van der Waals surface area (Å²) in [7, 11) is 0. The summed E-state index contributed by atoms with van der Waals surface area (Å²) in [4.78, 5) is 4.62. The van der Waals surface area contributed by atoms with Gasteiger partial charge in [0.25, 0.3) is 0 Å². The Bertz CT molecular complexity index is 1880. The first-order chi connectivity index (χ1) is 18.3. The molecule has 0 aliphatic heterocycles. The summed E-state index contributed by atoms with van der Waals surface area (Å²) < 4.78 is 0. The lowest BCUT2D eigenvalue weighted by atomic mass is 9.85. The number of pyridine rings is 1. The van der Waals surface area contributed by atoms with Gasteiger partial charge in [0.1, 0.15) is 0 Å². The monoisotopic (exact) mass is 471 g/mol. The molecule has 0 aliphatic carbocycles. The number of fused-ring (bicyclic) bond motifs is 3. The van der Waals surface area contributed by atoms with Crippen molar-refractivity contribution in [1.82, 2.24) is 4.98 Å². The maximum Gasteiger partial charge on any atom is 0.0731 e. The van der Waals surface area contributed by atoms with Crippen LogP contribution in [0.25, 0.3) is 65.8 Å². The molecule has 0 saturated heterocycles. The average Bonchev–Trinajstić information content (AvgIpc) is 2.96. The van der Waals surface area contributed by atoms with Crippen LogP contribution in [-0.4, -0.2) is 4.98 Å². The van der Waals surface area contributed by atoms with Crippen molar-refractivity contribution in [2.75, 3.05) is 0 Å². The molecule has 0 fully saturated rings. The summed E-state index contributed by atoms with van der Waals surface area (Å²) in [6.45, 7) is 2.12. The van der Waals surface area contributed by atoms with Crippen LogP contribution in [0, 0.1) is 6.92 Å². The lowest BCUT2D eigenvalue weighted by molar-refractivity contribution is 1.27. The largest absolute Gasteiger partial charge is 0.256 e. The Morgan fingerprint density at radius 2 is 0.946 bits per heavy atom. The number of aromatic nitrogens is 1. The molecule has 1 nitrogen and oxygen atoms in total. The highest BCUT2D eigenvalue weighted by atomic mass is 14.7. The van der Waals surface area contributed by atoms with Crippen LogP contribution in [0.1, 0.15) is 5.56 Å². The summed E-state index contributed by atoms with van der Waals surface area (Å²) >= 11 is 0. The van der Waals surface area contributed by atoms with Gasteiger partial charge in [0.15, 0.2) is 0 Å². The Hall–Kier alpha value is -4.75. The minimum atomic E-state index is 1.04.